The highest BCUT2D eigenvalue weighted by atomic mass is 16.5. The molecule has 3 heteroatoms. The summed E-state index contributed by atoms with van der Waals surface area (Å²) in [7, 11) is 0. The molecule has 0 saturated carbocycles. The average molecular weight is 296 g/mol. The van der Waals surface area contributed by atoms with Crippen LogP contribution in [0.25, 0.3) is 0 Å². The summed E-state index contributed by atoms with van der Waals surface area (Å²) in [6, 6.07) is 16.8. The van der Waals surface area contributed by atoms with E-state index >= 15 is 0 Å². The number of hydrogen-bond donors (Lipinski definition) is 1. The Balaban J connectivity index is 1.69. The maximum absolute atomic E-state index is 6.26. The first-order valence-electron chi connectivity index (χ1n) is 8.07. The standard InChI is InChI=1S/C19H24N2O/c1-15-7-5-6-12-21(15)19-11-10-17(13-18(19)20)22-14-16-8-3-2-4-9-16/h2-4,8-11,13,15H,5-7,12,14,20H2,1H3. The number of piperidine rings is 1. The molecular formula is C19H24N2O. The van der Waals surface area contributed by atoms with E-state index in [9.17, 15) is 0 Å². The van der Waals surface area contributed by atoms with Crippen molar-refractivity contribution in [2.24, 2.45) is 0 Å². The van der Waals surface area contributed by atoms with Crippen LogP contribution in [0.15, 0.2) is 48.5 Å². The molecular weight excluding hydrogens is 272 g/mol. The normalized spacial score (nSPS) is 18.2. The number of rotatable bonds is 4. The lowest BCUT2D eigenvalue weighted by atomic mass is 10.0. The van der Waals surface area contributed by atoms with E-state index in [0.717, 1.165) is 29.2 Å². The Kier molecular flexibility index (Phi) is 4.52. The molecule has 2 aromatic carbocycles. The predicted molar refractivity (Wildman–Crippen MR) is 92.3 cm³/mol. The van der Waals surface area contributed by atoms with Crippen molar-refractivity contribution in [3.8, 4) is 5.75 Å². The third kappa shape index (κ3) is 3.35. The molecule has 1 atom stereocenters. The Morgan fingerprint density at radius 2 is 1.95 bits per heavy atom. The zero-order chi connectivity index (χ0) is 15.4. The molecule has 1 aliphatic heterocycles. The summed E-state index contributed by atoms with van der Waals surface area (Å²) in [5.41, 5.74) is 9.37. The van der Waals surface area contributed by atoms with E-state index in [2.05, 4.69) is 30.0 Å². The number of ether oxygens (including phenoxy) is 1. The zero-order valence-corrected chi connectivity index (χ0v) is 13.2. The van der Waals surface area contributed by atoms with E-state index in [1.165, 1.54) is 19.3 Å². The van der Waals surface area contributed by atoms with Gasteiger partial charge in [0.2, 0.25) is 0 Å². The summed E-state index contributed by atoms with van der Waals surface area (Å²) in [6.07, 6.45) is 3.80. The SMILES string of the molecule is CC1CCCCN1c1ccc(OCc2ccccc2)cc1N. The minimum Gasteiger partial charge on any atom is -0.489 e. The van der Waals surface area contributed by atoms with Gasteiger partial charge in [-0.3, -0.25) is 0 Å². The lowest BCUT2D eigenvalue weighted by Crippen LogP contribution is -2.37. The number of anilines is 2. The van der Waals surface area contributed by atoms with Crippen LogP contribution in [0.1, 0.15) is 31.7 Å². The fourth-order valence-electron chi connectivity index (χ4n) is 3.08. The van der Waals surface area contributed by atoms with Crippen molar-refractivity contribution in [3.63, 3.8) is 0 Å². The van der Waals surface area contributed by atoms with Crippen LogP contribution in [0.4, 0.5) is 11.4 Å². The fourth-order valence-corrected chi connectivity index (χ4v) is 3.08. The van der Waals surface area contributed by atoms with E-state index in [1.54, 1.807) is 0 Å². The topological polar surface area (TPSA) is 38.5 Å². The van der Waals surface area contributed by atoms with Gasteiger partial charge >= 0.3 is 0 Å². The fraction of sp³-hybridized carbons (Fsp3) is 0.368. The lowest BCUT2D eigenvalue weighted by Gasteiger charge is -2.36. The summed E-state index contributed by atoms with van der Waals surface area (Å²) in [5, 5.41) is 0. The van der Waals surface area contributed by atoms with E-state index in [1.807, 2.05) is 30.3 Å². The summed E-state index contributed by atoms with van der Waals surface area (Å²) < 4.78 is 5.84. The van der Waals surface area contributed by atoms with Crippen LogP contribution >= 0.6 is 0 Å². The monoisotopic (exact) mass is 296 g/mol. The Morgan fingerprint density at radius 1 is 1.14 bits per heavy atom. The average Bonchev–Trinajstić information content (AvgIpc) is 2.55. The quantitative estimate of drug-likeness (QED) is 0.858. The maximum Gasteiger partial charge on any atom is 0.122 e. The highest BCUT2D eigenvalue weighted by Crippen LogP contribution is 2.32. The molecule has 0 aliphatic carbocycles. The molecule has 1 fully saturated rings. The van der Waals surface area contributed by atoms with Gasteiger partial charge in [-0.25, -0.2) is 0 Å². The number of nitrogens with two attached hydrogens (primary N) is 1. The summed E-state index contributed by atoms with van der Waals surface area (Å²) >= 11 is 0. The van der Waals surface area contributed by atoms with Crippen LogP contribution < -0.4 is 15.4 Å². The molecule has 1 aliphatic rings. The molecule has 0 amide bonds. The van der Waals surface area contributed by atoms with E-state index < -0.39 is 0 Å². The maximum atomic E-state index is 6.26. The molecule has 0 spiro atoms. The van der Waals surface area contributed by atoms with Crippen LogP contribution in [0.3, 0.4) is 0 Å². The van der Waals surface area contributed by atoms with Crippen LogP contribution in [0.2, 0.25) is 0 Å². The molecule has 1 unspecified atom stereocenters. The molecule has 2 N–H and O–H groups in total. The molecule has 116 valence electrons. The van der Waals surface area contributed by atoms with Gasteiger partial charge in [-0.15, -0.1) is 0 Å². The minimum absolute atomic E-state index is 0.562. The van der Waals surface area contributed by atoms with Gasteiger partial charge < -0.3 is 15.4 Å². The first kappa shape index (κ1) is 14.8. The van der Waals surface area contributed by atoms with Gasteiger partial charge in [-0.1, -0.05) is 30.3 Å². The molecule has 22 heavy (non-hydrogen) atoms. The van der Waals surface area contributed by atoms with Gasteiger partial charge in [-0.2, -0.15) is 0 Å². The highest BCUT2D eigenvalue weighted by Gasteiger charge is 2.20. The van der Waals surface area contributed by atoms with E-state index in [4.69, 9.17) is 10.5 Å². The van der Waals surface area contributed by atoms with Gasteiger partial charge in [-0.05, 0) is 43.9 Å². The van der Waals surface area contributed by atoms with Crippen molar-refractivity contribution in [2.45, 2.75) is 38.8 Å². The van der Waals surface area contributed by atoms with Crippen molar-refractivity contribution < 1.29 is 4.74 Å². The second kappa shape index (κ2) is 6.73. The van der Waals surface area contributed by atoms with E-state index in [0.29, 0.717) is 12.6 Å². The van der Waals surface area contributed by atoms with Crippen molar-refractivity contribution >= 4 is 11.4 Å². The summed E-state index contributed by atoms with van der Waals surface area (Å²) in [5.74, 6) is 0.828. The number of nitrogen functional groups attached to an aromatic ring is 1. The van der Waals surface area contributed by atoms with Crippen molar-refractivity contribution in [1.82, 2.24) is 0 Å². The first-order valence-corrected chi connectivity index (χ1v) is 8.07. The third-order valence-electron chi connectivity index (χ3n) is 4.36. The molecule has 3 nitrogen and oxygen atoms in total. The first-order chi connectivity index (χ1) is 10.7. The number of benzene rings is 2. The molecule has 3 rings (SSSR count). The van der Waals surface area contributed by atoms with Crippen molar-refractivity contribution in [3.05, 3.63) is 54.1 Å². The second-order valence-corrected chi connectivity index (χ2v) is 6.03. The van der Waals surface area contributed by atoms with Gasteiger partial charge in [0.1, 0.15) is 12.4 Å². The summed E-state index contributed by atoms with van der Waals surface area (Å²) in [4.78, 5) is 2.42. The Bertz CT molecular complexity index is 612. The van der Waals surface area contributed by atoms with Crippen molar-refractivity contribution in [2.75, 3.05) is 17.2 Å². The smallest absolute Gasteiger partial charge is 0.122 e. The van der Waals surface area contributed by atoms with Gasteiger partial charge in [0, 0.05) is 18.7 Å². The number of hydrogen-bond acceptors (Lipinski definition) is 3. The van der Waals surface area contributed by atoms with Crippen molar-refractivity contribution in [1.29, 1.82) is 0 Å². The predicted octanol–water partition coefficient (Wildman–Crippen LogP) is 4.23. The van der Waals surface area contributed by atoms with Gasteiger partial charge in [0.15, 0.2) is 0 Å². The Hall–Kier alpha value is -2.16. The molecule has 2 aromatic rings. The molecule has 1 heterocycles. The molecule has 0 radical (unpaired) electrons. The lowest BCUT2D eigenvalue weighted by molar-refractivity contribution is 0.306. The summed E-state index contributed by atoms with van der Waals surface area (Å²) in [6.45, 7) is 3.94. The van der Waals surface area contributed by atoms with Crippen LogP contribution in [0, 0.1) is 0 Å². The van der Waals surface area contributed by atoms with Gasteiger partial charge in [0.25, 0.3) is 0 Å². The zero-order valence-electron chi connectivity index (χ0n) is 13.2. The second-order valence-electron chi connectivity index (χ2n) is 6.03. The molecule has 0 bridgehead atoms. The minimum atomic E-state index is 0.562. The molecule has 0 aromatic heterocycles. The van der Waals surface area contributed by atoms with Crippen LogP contribution in [-0.4, -0.2) is 12.6 Å². The number of nitrogens with zero attached hydrogens (tertiary/aromatic N) is 1. The van der Waals surface area contributed by atoms with Crippen LogP contribution in [0.5, 0.6) is 5.75 Å². The highest BCUT2D eigenvalue weighted by molar-refractivity contribution is 5.70. The third-order valence-corrected chi connectivity index (χ3v) is 4.36. The van der Waals surface area contributed by atoms with Gasteiger partial charge in [0.05, 0.1) is 11.4 Å². The Morgan fingerprint density at radius 3 is 2.68 bits per heavy atom. The largest absolute Gasteiger partial charge is 0.489 e. The van der Waals surface area contributed by atoms with E-state index in [-0.39, 0.29) is 0 Å². The van der Waals surface area contributed by atoms with Crippen LogP contribution in [-0.2, 0) is 6.61 Å². The Labute approximate surface area is 132 Å². The molecule has 1 saturated heterocycles.